The molecule has 1 amide bonds. The van der Waals surface area contributed by atoms with E-state index in [0.717, 1.165) is 27.8 Å². The molecule has 1 saturated heterocycles. The van der Waals surface area contributed by atoms with E-state index >= 15 is 0 Å². The Hall–Kier alpha value is -3.86. The number of nitrogens with zero attached hydrogens (tertiary/aromatic N) is 1. The number of hydrogen-bond donors (Lipinski definition) is 1. The Morgan fingerprint density at radius 3 is 2.18 bits per heavy atom. The van der Waals surface area contributed by atoms with Gasteiger partial charge in [-0.1, -0.05) is 42.0 Å². The normalized spacial score (nSPS) is 17.5. The van der Waals surface area contributed by atoms with Crippen molar-refractivity contribution in [3.8, 4) is 5.75 Å². The minimum absolute atomic E-state index is 0.0857. The highest BCUT2D eigenvalue weighted by molar-refractivity contribution is 6.51. The lowest BCUT2D eigenvalue weighted by Gasteiger charge is -2.27. The third-order valence-electron chi connectivity index (χ3n) is 6.24. The summed E-state index contributed by atoms with van der Waals surface area (Å²) >= 11 is 0. The number of aliphatic hydroxyl groups excluding tert-OH is 1. The number of rotatable bonds is 4. The molecule has 0 saturated carbocycles. The van der Waals surface area contributed by atoms with Gasteiger partial charge in [-0.2, -0.15) is 0 Å². The number of benzene rings is 3. The van der Waals surface area contributed by atoms with Crippen molar-refractivity contribution in [1.29, 1.82) is 0 Å². The minimum Gasteiger partial charge on any atom is -0.507 e. The van der Waals surface area contributed by atoms with E-state index < -0.39 is 17.7 Å². The van der Waals surface area contributed by atoms with Crippen LogP contribution in [0.25, 0.3) is 5.76 Å². The highest BCUT2D eigenvalue weighted by Crippen LogP contribution is 2.43. The fourth-order valence-corrected chi connectivity index (χ4v) is 4.40. The largest absolute Gasteiger partial charge is 0.507 e. The molecule has 0 spiro atoms. The first-order valence-electron chi connectivity index (χ1n) is 10.8. The molecule has 3 aromatic rings. The molecule has 1 fully saturated rings. The first kappa shape index (κ1) is 22.3. The van der Waals surface area contributed by atoms with E-state index in [1.807, 2.05) is 82.3 Å². The maximum absolute atomic E-state index is 13.4. The van der Waals surface area contributed by atoms with Crippen LogP contribution in [-0.2, 0) is 9.59 Å². The Morgan fingerprint density at radius 2 is 1.55 bits per heavy atom. The lowest BCUT2D eigenvalue weighted by Crippen LogP contribution is -2.29. The zero-order chi connectivity index (χ0) is 23.9. The lowest BCUT2D eigenvalue weighted by molar-refractivity contribution is -0.132. The summed E-state index contributed by atoms with van der Waals surface area (Å²) in [6.45, 7) is 7.62. The molecule has 0 aliphatic carbocycles. The summed E-state index contributed by atoms with van der Waals surface area (Å²) in [7, 11) is 1.59. The van der Waals surface area contributed by atoms with Crippen molar-refractivity contribution >= 4 is 23.1 Å². The van der Waals surface area contributed by atoms with Crippen LogP contribution < -0.4 is 9.64 Å². The Labute approximate surface area is 193 Å². The number of Topliss-reactive ketones (excluding diaryl/α,β-unsaturated/α-hetero) is 1. The molecule has 1 unspecified atom stereocenters. The molecule has 1 aliphatic rings. The average Bonchev–Trinajstić information content (AvgIpc) is 3.06. The third-order valence-corrected chi connectivity index (χ3v) is 6.24. The summed E-state index contributed by atoms with van der Waals surface area (Å²) in [6.07, 6.45) is 0. The standard InChI is InChI=1S/C28H27NO4/c1-16-10-12-20(13-11-16)29-25(21-9-7-6-8-17(21)2)24(27(31)28(29)32)26(30)22-14-19(4)23(33-5)15-18(22)3/h6-15,25,30H,1-5H3/b26-24+. The van der Waals surface area contributed by atoms with Crippen LogP contribution in [0, 0.1) is 27.7 Å². The van der Waals surface area contributed by atoms with Gasteiger partial charge in [-0.3, -0.25) is 14.5 Å². The summed E-state index contributed by atoms with van der Waals surface area (Å²) in [4.78, 5) is 28.1. The molecule has 1 heterocycles. The van der Waals surface area contributed by atoms with Crippen LogP contribution in [0.1, 0.15) is 39.4 Å². The fraction of sp³-hybridized carbons (Fsp3) is 0.214. The van der Waals surface area contributed by atoms with Crippen molar-refractivity contribution in [3.63, 3.8) is 0 Å². The molecule has 5 nitrogen and oxygen atoms in total. The highest BCUT2D eigenvalue weighted by Gasteiger charge is 2.47. The number of aliphatic hydroxyl groups is 1. The SMILES string of the molecule is COc1cc(C)c(/C(O)=C2\C(=O)C(=O)N(c3ccc(C)cc3)C2c2ccccc2C)cc1C. The summed E-state index contributed by atoms with van der Waals surface area (Å²) in [5.41, 5.74) is 5.54. The number of methoxy groups -OCH3 is 1. The quantitative estimate of drug-likeness (QED) is 0.327. The van der Waals surface area contributed by atoms with E-state index in [1.165, 1.54) is 4.90 Å². The second-order valence-electron chi connectivity index (χ2n) is 8.50. The van der Waals surface area contributed by atoms with Crippen molar-refractivity contribution in [1.82, 2.24) is 0 Å². The van der Waals surface area contributed by atoms with Crippen LogP contribution in [0.15, 0.2) is 66.2 Å². The fourth-order valence-electron chi connectivity index (χ4n) is 4.40. The Morgan fingerprint density at radius 1 is 0.879 bits per heavy atom. The molecular formula is C28H27NO4. The number of carbonyl (C=O) groups excluding carboxylic acids is 2. The van der Waals surface area contributed by atoms with Crippen LogP contribution in [-0.4, -0.2) is 23.9 Å². The van der Waals surface area contributed by atoms with Crippen LogP contribution in [0.3, 0.4) is 0 Å². The average molecular weight is 442 g/mol. The zero-order valence-electron chi connectivity index (χ0n) is 19.5. The van der Waals surface area contributed by atoms with Crippen LogP contribution in [0.4, 0.5) is 5.69 Å². The molecule has 1 atom stereocenters. The number of amides is 1. The second kappa shape index (κ2) is 8.58. The van der Waals surface area contributed by atoms with Gasteiger partial charge in [-0.15, -0.1) is 0 Å². The van der Waals surface area contributed by atoms with E-state index in [4.69, 9.17) is 4.74 Å². The molecule has 5 heteroatoms. The molecular weight excluding hydrogens is 414 g/mol. The maximum atomic E-state index is 13.4. The van der Waals surface area contributed by atoms with Crippen molar-refractivity contribution in [2.24, 2.45) is 0 Å². The van der Waals surface area contributed by atoms with Crippen LogP contribution in [0.2, 0.25) is 0 Å². The topological polar surface area (TPSA) is 66.8 Å². The predicted molar refractivity (Wildman–Crippen MR) is 130 cm³/mol. The van der Waals surface area contributed by atoms with Gasteiger partial charge in [-0.05, 0) is 74.2 Å². The molecule has 3 aromatic carbocycles. The van der Waals surface area contributed by atoms with Gasteiger partial charge in [0.1, 0.15) is 11.5 Å². The number of hydrogen-bond acceptors (Lipinski definition) is 4. The molecule has 168 valence electrons. The van der Waals surface area contributed by atoms with Crippen LogP contribution in [0.5, 0.6) is 5.75 Å². The van der Waals surface area contributed by atoms with Crippen molar-refractivity contribution < 1.29 is 19.4 Å². The van der Waals surface area contributed by atoms with Gasteiger partial charge >= 0.3 is 0 Å². The van der Waals surface area contributed by atoms with Crippen LogP contribution >= 0.6 is 0 Å². The number of aryl methyl sites for hydroxylation is 4. The number of ether oxygens (including phenoxy) is 1. The summed E-state index contributed by atoms with van der Waals surface area (Å²) in [5.74, 6) is -0.843. The Bertz CT molecular complexity index is 1290. The first-order valence-corrected chi connectivity index (χ1v) is 10.8. The van der Waals surface area contributed by atoms with Gasteiger partial charge in [0.15, 0.2) is 0 Å². The maximum Gasteiger partial charge on any atom is 0.300 e. The highest BCUT2D eigenvalue weighted by atomic mass is 16.5. The molecule has 4 rings (SSSR count). The predicted octanol–water partition coefficient (Wildman–Crippen LogP) is 5.56. The first-order chi connectivity index (χ1) is 15.7. The van der Waals surface area contributed by atoms with Gasteiger partial charge in [0, 0.05) is 11.3 Å². The Kier molecular flexibility index (Phi) is 5.81. The number of anilines is 1. The molecule has 0 radical (unpaired) electrons. The van der Waals surface area contributed by atoms with E-state index in [-0.39, 0.29) is 11.3 Å². The molecule has 33 heavy (non-hydrogen) atoms. The van der Waals surface area contributed by atoms with Gasteiger partial charge in [0.25, 0.3) is 11.7 Å². The lowest BCUT2D eigenvalue weighted by atomic mass is 9.91. The molecule has 1 N–H and O–H groups in total. The van der Waals surface area contributed by atoms with E-state index in [1.54, 1.807) is 13.2 Å². The molecule has 1 aliphatic heterocycles. The number of ketones is 1. The molecule has 0 aromatic heterocycles. The summed E-state index contributed by atoms with van der Waals surface area (Å²) in [5, 5.41) is 11.4. The monoisotopic (exact) mass is 441 g/mol. The second-order valence-corrected chi connectivity index (χ2v) is 8.50. The van der Waals surface area contributed by atoms with Gasteiger partial charge in [0.05, 0.1) is 18.7 Å². The summed E-state index contributed by atoms with van der Waals surface area (Å²) < 4.78 is 5.39. The van der Waals surface area contributed by atoms with Gasteiger partial charge in [-0.25, -0.2) is 0 Å². The smallest absolute Gasteiger partial charge is 0.300 e. The minimum atomic E-state index is -0.740. The number of carbonyl (C=O) groups is 2. The zero-order valence-corrected chi connectivity index (χ0v) is 19.5. The van der Waals surface area contributed by atoms with E-state index in [9.17, 15) is 14.7 Å². The van der Waals surface area contributed by atoms with Crippen molar-refractivity contribution in [3.05, 3.63) is 99.6 Å². The van der Waals surface area contributed by atoms with Crippen molar-refractivity contribution in [2.45, 2.75) is 33.7 Å². The third kappa shape index (κ3) is 3.80. The Balaban J connectivity index is 1.99. The van der Waals surface area contributed by atoms with Gasteiger partial charge < -0.3 is 9.84 Å². The van der Waals surface area contributed by atoms with Crippen molar-refractivity contribution in [2.75, 3.05) is 12.0 Å². The van der Waals surface area contributed by atoms with E-state index in [2.05, 4.69) is 0 Å². The van der Waals surface area contributed by atoms with E-state index in [0.29, 0.717) is 17.0 Å². The molecule has 0 bridgehead atoms. The summed E-state index contributed by atoms with van der Waals surface area (Å²) in [6, 6.07) is 18.0. The van der Waals surface area contributed by atoms with Gasteiger partial charge in [0.2, 0.25) is 0 Å².